The summed E-state index contributed by atoms with van der Waals surface area (Å²) in [6.45, 7) is 1.80. The Morgan fingerprint density at radius 3 is 2.50 bits per heavy atom. The van der Waals surface area contributed by atoms with Crippen LogP contribution in [-0.4, -0.2) is 47.4 Å². The molecule has 2 saturated heterocycles. The Morgan fingerprint density at radius 2 is 1.88 bits per heavy atom. The Bertz CT molecular complexity index is 735. The lowest BCUT2D eigenvalue weighted by Gasteiger charge is -2.32. The van der Waals surface area contributed by atoms with Gasteiger partial charge in [0, 0.05) is 12.2 Å². The van der Waals surface area contributed by atoms with Crippen molar-refractivity contribution in [1.82, 2.24) is 15.5 Å². The second kappa shape index (κ2) is 6.50. The number of halogens is 3. The van der Waals surface area contributed by atoms with Crippen LogP contribution in [0.5, 0.6) is 0 Å². The predicted octanol–water partition coefficient (Wildman–Crippen LogP) is 1.31. The maximum Gasteiger partial charge on any atom is 0.416 e. The zero-order valence-corrected chi connectivity index (χ0v) is 13.8. The zero-order valence-electron chi connectivity index (χ0n) is 13.8. The standard InChI is InChI=1S/C16H17F3N4O3/c1-8-14(25)23-7-11(6-12(23)13(24)20-8)22-15(26)21-10-4-2-9(3-5-10)16(17,18)19/h2-5,8,11-12H,6-7H2,1H3,(H,20,24)(H2,21,22,26)/t8-,11+,12+/m1/s1. The van der Waals surface area contributed by atoms with Gasteiger partial charge in [0.2, 0.25) is 11.8 Å². The summed E-state index contributed by atoms with van der Waals surface area (Å²) in [4.78, 5) is 37.5. The van der Waals surface area contributed by atoms with E-state index in [1.54, 1.807) is 6.92 Å². The highest BCUT2D eigenvalue weighted by molar-refractivity contribution is 5.97. The number of anilines is 1. The molecule has 0 aromatic heterocycles. The molecule has 26 heavy (non-hydrogen) atoms. The highest BCUT2D eigenvalue weighted by Gasteiger charge is 2.45. The van der Waals surface area contributed by atoms with Crippen LogP contribution >= 0.6 is 0 Å². The van der Waals surface area contributed by atoms with Gasteiger partial charge in [-0.05, 0) is 37.6 Å². The molecule has 3 atom stereocenters. The molecule has 1 aromatic carbocycles. The van der Waals surface area contributed by atoms with Crippen LogP contribution in [0.15, 0.2) is 24.3 Å². The molecule has 3 rings (SSSR count). The van der Waals surface area contributed by atoms with E-state index in [-0.39, 0.29) is 30.5 Å². The van der Waals surface area contributed by atoms with E-state index < -0.39 is 35.9 Å². The number of benzene rings is 1. The highest BCUT2D eigenvalue weighted by atomic mass is 19.4. The van der Waals surface area contributed by atoms with Crippen molar-refractivity contribution in [3.05, 3.63) is 29.8 Å². The molecule has 0 aliphatic carbocycles. The van der Waals surface area contributed by atoms with Crippen molar-refractivity contribution in [3.63, 3.8) is 0 Å². The van der Waals surface area contributed by atoms with E-state index in [4.69, 9.17) is 0 Å². The summed E-state index contributed by atoms with van der Waals surface area (Å²) in [6.07, 6.45) is -4.16. The molecule has 0 radical (unpaired) electrons. The molecule has 0 bridgehead atoms. The van der Waals surface area contributed by atoms with Gasteiger partial charge >= 0.3 is 12.2 Å². The van der Waals surface area contributed by atoms with Gasteiger partial charge in [-0.15, -0.1) is 0 Å². The minimum absolute atomic E-state index is 0.202. The second-order valence-electron chi connectivity index (χ2n) is 6.34. The Hall–Kier alpha value is -2.78. The average molecular weight is 370 g/mol. The molecular weight excluding hydrogens is 353 g/mol. The first-order chi connectivity index (χ1) is 12.1. The van der Waals surface area contributed by atoms with Gasteiger partial charge in [0.15, 0.2) is 0 Å². The highest BCUT2D eigenvalue weighted by Crippen LogP contribution is 2.29. The Balaban J connectivity index is 1.57. The lowest BCUT2D eigenvalue weighted by atomic mass is 10.1. The average Bonchev–Trinajstić information content (AvgIpc) is 2.96. The van der Waals surface area contributed by atoms with Crippen molar-refractivity contribution in [3.8, 4) is 0 Å². The van der Waals surface area contributed by atoms with Crippen molar-refractivity contribution in [2.45, 2.75) is 37.6 Å². The van der Waals surface area contributed by atoms with Crippen LogP contribution in [0, 0.1) is 0 Å². The van der Waals surface area contributed by atoms with Gasteiger partial charge in [-0.2, -0.15) is 13.2 Å². The summed E-state index contributed by atoms with van der Waals surface area (Å²) in [7, 11) is 0. The molecule has 0 unspecified atom stereocenters. The molecule has 3 N–H and O–H groups in total. The van der Waals surface area contributed by atoms with Crippen LogP contribution in [0.25, 0.3) is 0 Å². The molecule has 7 nitrogen and oxygen atoms in total. The molecular formula is C16H17F3N4O3. The second-order valence-corrected chi connectivity index (χ2v) is 6.34. The van der Waals surface area contributed by atoms with Gasteiger partial charge in [0.25, 0.3) is 0 Å². The van der Waals surface area contributed by atoms with Crippen LogP contribution in [0.4, 0.5) is 23.7 Å². The van der Waals surface area contributed by atoms with Crippen LogP contribution in [0.3, 0.4) is 0 Å². The van der Waals surface area contributed by atoms with Gasteiger partial charge in [0.05, 0.1) is 11.6 Å². The lowest BCUT2D eigenvalue weighted by Crippen LogP contribution is -2.60. The summed E-state index contributed by atoms with van der Waals surface area (Å²) < 4.78 is 37.6. The van der Waals surface area contributed by atoms with Crippen molar-refractivity contribution in [1.29, 1.82) is 0 Å². The fourth-order valence-corrected chi connectivity index (χ4v) is 3.15. The Morgan fingerprint density at radius 1 is 1.23 bits per heavy atom. The number of carbonyl (C=O) groups is 3. The third-order valence-electron chi connectivity index (χ3n) is 4.42. The van der Waals surface area contributed by atoms with E-state index in [2.05, 4.69) is 16.0 Å². The first-order valence-corrected chi connectivity index (χ1v) is 8.01. The number of carbonyl (C=O) groups excluding carboxylic acids is 3. The largest absolute Gasteiger partial charge is 0.416 e. The number of alkyl halides is 3. The minimum Gasteiger partial charge on any atom is -0.343 e. The van der Waals surface area contributed by atoms with Crippen molar-refractivity contribution < 1.29 is 27.6 Å². The molecule has 0 spiro atoms. The number of rotatable bonds is 2. The maximum absolute atomic E-state index is 12.5. The number of nitrogens with one attached hydrogen (secondary N) is 3. The number of urea groups is 1. The van der Waals surface area contributed by atoms with E-state index in [0.717, 1.165) is 24.3 Å². The lowest BCUT2D eigenvalue weighted by molar-refractivity contribution is -0.146. The fourth-order valence-electron chi connectivity index (χ4n) is 3.15. The number of piperazine rings is 1. The van der Waals surface area contributed by atoms with Crippen molar-refractivity contribution in [2.75, 3.05) is 11.9 Å². The summed E-state index contributed by atoms with van der Waals surface area (Å²) >= 11 is 0. The van der Waals surface area contributed by atoms with E-state index in [1.807, 2.05) is 0 Å². The van der Waals surface area contributed by atoms with Gasteiger partial charge in [-0.3, -0.25) is 9.59 Å². The van der Waals surface area contributed by atoms with E-state index >= 15 is 0 Å². The summed E-state index contributed by atoms with van der Waals surface area (Å²) in [6, 6.07) is 1.79. The number of fused-ring (bicyclic) bond motifs is 1. The van der Waals surface area contributed by atoms with Gasteiger partial charge in [-0.25, -0.2) is 4.79 Å². The van der Waals surface area contributed by atoms with Gasteiger partial charge < -0.3 is 20.9 Å². The van der Waals surface area contributed by atoms with E-state index in [1.165, 1.54) is 4.90 Å². The molecule has 2 heterocycles. The predicted molar refractivity (Wildman–Crippen MR) is 85.1 cm³/mol. The third kappa shape index (κ3) is 3.58. The molecule has 4 amide bonds. The quantitative estimate of drug-likeness (QED) is 0.733. The normalized spacial score (nSPS) is 25.5. The first-order valence-electron chi connectivity index (χ1n) is 8.01. The molecule has 10 heteroatoms. The summed E-state index contributed by atoms with van der Waals surface area (Å²) in [5.41, 5.74) is -0.608. The fraction of sp³-hybridized carbons (Fsp3) is 0.438. The van der Waals surface area contributed by atoms with Crippen molar-refractivity contribution in [2.24, 2.45) is 0 Å². The molecule has 140 valence electrons. The van der Waals surface area contributed by atoms with Crippen molar-refractivity contribution >= 4 is 23.5 Å². The molecule has 2 aliphatic rings. The Labute approximate surface area is 146 Å². The Kier molecular flexibility index (Phi) is 4.51. The molecule has 0 saturated carbocycles. The van der Waals surface area contributed by atoms with E-state index in [9.17, 15) is 27.6 Å². The number of hydrogen-bond acceptors (Lipinski definition) is 3. The molecule has 1 aromatic rings. The number of nitrogens with zero attached hydrogens (tertiary/aromatic N) is 1. The maximum atomic E-state index is 12.5. The molecule has 2 fully saturated rings. The monoisotopic (exact) mass is 370 g/mol. The third-order valence-corrected chi connectivity index (χ3v) is 4.42. The van der Waals surface area contributed by atoms with Crippen LogP contribution in [0.2, 0.25) is 0 Å². The van der Waals surface area contributed by atoms with Crippen LogP contribution in [-0.2, 0) is 15.8 Å². The van der Waals surface area contributed by atoms with Crippen LogP contribution < -0.4 is 16.0 Å². The number of hydrogen-bond donors (Lipinski definition) is 3. The SMILES string of the molecule is C[C@H]1NC(=O)[C@@H]2C[C@H](NC(=O)Nc3ccc(C(F)(F)F)cc3)CN2C1=O. The molecule has 2 aliphatic heterocycles. The number of amides is 4. The topological polar surface area (TPSA) is 90.5 Å². The first kappa shape index (κ1) is 18.0. The summed E-state index contributed by atoms with van der Waals surface area (Å²) in [5, 5.41) is 7.66. The van der Waals surface area contributed by atoms with Gasteiger partial charge in [-0.1, -0.05) is 0 Å². The summed E-state index contributed by atoms with van der Waals surface area (Å²) in [5.74, 6) is -0.466. The van der Waals surface area contributed by atoms with Gasteiger partial charge in [0.1, 0.15) is 12.1 Å². The van der Waals surface area contributed by atoms with Crippen LogP contribution in [0.1, 0.15) is 18.9 Å². The minimum atomic E-state index is -4.44. The smallest absolute Gasteiger partial charge is 0.343 e. The zero-order chi connectivity index (χ0) is 19.1. The van der Waals surface area contributed by atoms with E-state index in [0.29, 0.717) is 0 Å².